The highest BCUT2D eigenvalue weighted by Crippen LogP contribution is 1.95. The van der Waals surface area contributed by atoms with Gasteiger partial charge in [-0.2, -0.15) is 0 Å². The molecule has 0 spiro atoms. The van der Waals surface area contributed by atoms with Gasteiger partial charge < -0.3 is 21.7 Å². The van der Waals surface area contributed by atoms with Gasteiger partial charge in [-0.05, 0) is 18.6 Å². The van der Waals surface area contributed by atoms with Gasteiger partial charge in [-0.15, -0.1) is 0 Å². The Morgan fingerprint density at radius 2 is 1.63 bits per heavy atom. The Balaban J connectivity index is 0.000000342. The number of benzene rings is 1. The molecule has 0 heterocycles. The van der Waals surface area contributed by atoms with E-state index in [0.717, 1.165) is 0 Å². The van der Waals surface area contributed by atoms with Crippen molar-refractivity contribution in [2.45, 2.75) is 18.9 Å². The average molecular weight is 268 g/mol. The lowest BCUT2D eigenvalue weighted by atomic mass is 10.2. The molecule has 0 saturated heterocycles. The zero-order chi connectivity index (χ0) is 14.8. The van der Waals surface area contributed by atoms with Crippen molar-refractivity contribution < 1.29 is 24.6 Å². The van der Waals surface area contributed by atoms with Crippen molar-refractivity contribution >= 4 is 17.8 Å². The number of rotatable bonds is 5. The maximum absolute atomic E-state index is 10.4. The molecule has 1 aromatic carbocycles. The van der Waals surface area contributed by atoms with Crippen molar-refractivity contribution in [2.24, 2.45) is 11.5 Å². The third-order valence-electron chi connectivity index (χ3n) is 2.04. The van der Waals surface area contributed by atoms with Gasteiger partial charge in [0, 0.05) is 12.0 Å². The van der Waals surface area contributed by atoms with Crippen LogP contribution in [0.3, 0.4) is 0 Å². The van der Waals surface area contributed by atoms with Gasteiger partial charge in [0.1, 0.15) is 6.04 Å². The van der Waals surface area contributed by atoms with E-state index in [9.17, 15) is 14.4 Å². The van der Waals surface area contributed by atoms with Crippen LogP contribution in [0.1, 0.15) is 23.2 Å². The second kappa shape index (κ2) is 8.65. The summed E-state index contributed by atoms with van der Waals surface area (Å²) in [6, 6.07) is 7.70. The average Bonchev–Trinajstić information content (AvgIpc) is 2.37. The van der Waals surface area contributed by atoms with Gasteiger partial charge in [0.05, 0.1) is 0 Å². The summed E-state index contributed by atoms with van der Waals surface area (Å²) in [5, 5.41) is 16.3. The minimum absolute atomic E-state index is 0.0231. The van der Waals surface area contributed by atoms with Crippen molar-refractivity contribution in [3.05, 3.63) is 35.9 Å². The summed E-state index contributed by atoms with van der Waals surface area (Å²) in [5.41, 5.74) is 10.5. The first-order valence-corrected chi connectivity index (χ1v) is 5.39. The van der Waals surface area contributed by atoms with Crippen LogP contribution in [0.2, 0.25) is 0 Å². The minimum atomic E-state index is -1.17. The molecule has 104 valence electrons. The summed E-state index contributed by atoms with van der Waals surface area (Å²) >= 11 is 0. The van der Waals surface area contributed by atoms with E-state index in [1.807, 2.05) is 6.07 Å². The topological polar surface area (TPSA) is 144 Å². The summed E-state index contributed by atoms with van der Waals surface area (Å²) in [5.74, 6) is -2.58. The molecule has 1 unspecified atom stereocenters. The van der Waals surface area contributed by atoms with Gasteiger partial charge in [0.2, 0.25) is 5.91 Å². The van der Waals surface area contributed by atoms with Crippen LogP contribution in [-0.2, 0) is 9.59 Å². The normalized spacial score (nSPS) is 10.8. The van der Waals surface area contributed by atoms with E-state index < -0.39 is 18.0 Å². The van der Waals surface area contributed by atoms with Gasteiger partial charge in [-0.3, -0.25) is 14.4 Å². The molecule has 1 rings (SSSR count). The highest BCUT2D eigenvalue weighted by Gasteiger charge is 2.12. The van der Waals surface area contributed by atoms with Crippen LogP contribution in [0, 0.1) is 0 Å². The maximum Gasteiger partial charge on any atom is 0.320 e. The summed E-state index contributed by atoms with van der Waals surface area (Å²) in [4.78, 5) is 30.3. The fourth-order valence-corrected chi connectivity index (χ4v) is 1.00. The lowest BCUT2D eigenvalue weighted by Gasteiger charge is -2.01. The fourth-order valence-electron chi connectivity index (χ4n) is 1.00. The number of aliphatic carboxylic acids is 2. The molecule has 0 saturated carbocycles. The molecule has 0 aliphatic heterocycles. The van der Waals surface area contributed by atoms with E-state index in [4.69, 9.17) is 21.7 Å². The quantitative estimate of drug-likeness (QED) is 0.593. The van der Waals surface area contributed by atoms with Crippen LogP contribution >= 0.6 is 0 Å². The Kier molecular flexibility index (Phi) is 7.55. The maximum atomic E-state index is 10.4. The van der Waals surface area contributed by atoms with E-state index in [2.05, 4.69) is 0 Å². The second-order valence-electron chi connectivity index (χ2n) is 3.61. The SMILES string of the molecule is NC(=O)c1ccccc1.NC(CCC(=O)O)C(=O)O. The van der Waals surface area contributed by atoms with Crippen molar-refractivity contribution in [3.63, 3.8) is 0 Å². The Bertz CT molecular complexity index is 433. The first-order valence-electron chi connectivity index (χ1n) is 5.39. The van der Waals surface area contributed by atoms with E-state index in [0.29, 0.717) is 5.56 Å². The molecule has 1 atom stereocenters. The fraction of sp³-hybridized carbons (Fsp3) is 0.250. The molecule has 0 fully saturated rings. The molecule has 0 radical (unpaired) electrons. The van der Waals surface area contributed by atoms with Crippen LogP contribution in [0.5, 0.6) is 0 Å². The number of amides is 1. The minimum Gasteiger partial charge on any atom is -0.481 e. The van der Waals surface area contributed by atoms with Crippen molar-refractivity contribution in [1.29, 1.82) is 0 Å². The lowest BCUT2D eigenvalue weighted by Crippen LogP contribution is -2.30. The Labute approximate surface area is 109 Å². The molecule has 7 nitrogen and oxygen atoms in total. The van der Waals surface area contributed by atoms with E-state index >= 15 is 0 Å². The second-order valence-corrected chi connectivity index (χ2v) is 3.61. The Morgan fingerprint density at radius 3 is 1.95 bits per heavy atom. The molecule has 0 bridgehead atoms. The summed E-state index contributed by atoms with van der Waals surface area (Å²) in [7, 11) is 0. The number of primary amides is 1. The molecule has 0 aliphatic carbocycles. The summed E-state index contributed by atoms with van der Waals surface area (Å²) in [6.07, 6.45) is -0.224. The first-order chi connectivity index (χ1) is 8.84. The number of nitrogens with two attached hydrogens (primary N) is 2. The van der Waals surface area contributed by atoms with Crippen LogP contribution < -0.4 is 11.5 Å². The number of carbonyl (C=O) groups is 3. The molecule has 0 aromatic heterocycles. The van der Waals surface area contributed by atoms with Crippen molar-refractivity contribution in [2.75, 3.05) is 0 Å². The van der Waals surface area contributed by atoms with E-state index in [-0.39, 0.29) is 18.7 Å². The molecule has 6 N–H and O–H groups in total. The smallest absolute Gasteiger partial charge is 0.320 e. The molecule has 1 amide bonds. The predicted molar refractivity (Wildman–Crippen MR) is 67.4 cm³/mol. The number of carboxylic acids is 2. The number of carboxylic acid groups (broad SMARTS) is 2. The third kappa shape index (κ3) is 8.33. The zero-order valence-corrected chi connectivity index (χ0v) is 10.2. The molecule has 1 aromatic rings. The van der Waals surface area contributed by atoms with Gasteiger partial charge in [-0.1, -0.05) is 18.2 Å². The molecule has 0 aliphatic rings. The van der Waals surface area contributed by atoms with Crippen LogP contribution in [0.25, 0.3) is 0 Å². The Morgan fingerprint density at radius 1 is 1.11 bits per heavy atom. The standard InChI is InChI=1S/C7H7NO.C5H9NO4/c8-7(9)6-4-2-1-3-5-6;6-3(5(9)10)1-2-4(7)8/h1-5H,(H2,8,9);3H,1-2,6H2,(H,7,8)(H,9,10). The number of carbonyl (C=O) groups excluding carboxylic acids is 1. The van der Waals surface area contributed by atoms with E-state index in [1.165, 1.54) is 0 Å². The predicted octanol–water partition coefficient (Wildman–Crippen LogP) is 0.0486. The summed E-state index contributed by atoms with van der Waals surface area (Å²) < 4.78 is 0. The van der Waals surface area contributed by atoms with Crippen LogP contribution in [-0.4, -0.2) is 34.1 Å². The molecule has 7 heteroatoms. The van der Waals surface area contributed by atoms with Gasteiger partial charge >= 0.3 is 11.9 Å². The number of hydrogen-bond acceptors (Lipinski definition) is 4. The van der Waals surface area contributed by atoms with Crippen molar-refractivity contribution in [1.82, 2.24) is 0 Å². The Hall–Kier alpha value is -2.41. The largest absolute Gasteiger partial charge is 0.481 e. The third-order valence-corrected chi connectivity index (χ3v) is 2.04. The highest BCUT2D eigenvalue weighted by molar-refractivity contribution is 5.92. The van der Waals surface area contributed by atoms with Gasteiger partial charge in [-0.25, -0.2) is 0 Å². The lowest BCUT2D eigenvalue weighted by molar-refractivity contribution is -0.139. The first kappa shape index (κ1) is 16.6. The zero-order valence-electron chi connectivity index (χ0n) is 10.2. The van der Waals surface area contributed by atoms with Crippen molar-refractivity contribution in [3.8, 4) is 0 Å². The number of hydrogen-bond donors (Lipinski definition) is 4. The molecule has 19 heavy (non-hydrogen) atoms. The van der Waals surface area contributed by atoms with Gasteiger partial charge in [0.15, 0.2) is 0 Å². The van der Waals surface area contributed by atoms with Gasteiger partial charge in [0.25, 0.3) is 0 Å². The van der Waals surface area contributed by atoms with Crippen LogP contribution in [0.15, 0.2) is 30.3 Å². The molecular formula is C12H16N2O5. The molecular weight excluding hydrogens is 252 g/mol. The highest BCUT2D eigenvalue weighted by atomic mass is 16.4. The van der Waals surface area contributed by atoms with Crippen LogP contribution in [0.4, 0.5) is 0 Å². The summed E-state index contributed by atoms with van der Waals surface area (Å²) in [6.45, 7) is 0. The van der Waals surface area contributed by atoms with E-state index in [1.54, 1.807) is 24.3 Å². The monoisotopic (exact) mass is 268 g/mol.